The van der Waals surface area contributed by atoms with Gasteiger partial charge in [0.2, 0.25) is 5.78 Å². The van der Waals surface area contributed by atoms with Crippen molar-refractivity contribution in [3.05, 3.63) is 0 Å². The van der Waals surface area contributed by atoms with E-state index in [1.54, 1.807) is 0 Å². The Morgan fingerprint density at radius 2 is 1.83 bits per heavy atom. The van der Waals surface area contributed by atoms with E-state index in [0.717, 1.165) is 0 Å². The summed E-state index contributed by atoms with van der Waals surface area (Å²) in [4.78, 5) is 23.3. The smallest absolute Gasteiger partial charge is 0.289 e. The van der Waals surface area contributed by atoms with Crippen LogP contribution < -0.4 is 0 Å². The summed E-state index contributed by atoms with van der Waals surface area (Å²) in [5, 5.41) is 9.12. The van der Waals surface area contributed by atoms with Crippen molar-refractivity contribution in [3.8, 4) is 0 Å². The molecule has 1 amide bonds. The van der Waals surface area contributed by atoms with Crippen molar-refractivity contribution in [1.29, 1.82) is 0 Å². The second-order valence-corrected chi connectivity index (χ2v) is 3.08. The fraction of sp³-hybridized carbons (Fsp3) is 0.750. The molecular weight excluding hydrogens is 158 g/mol. The first kappa shape index (κ1) is 9.19. The van der Waals surface area contributed by atoms with Crippen LogP contribution in [0.2, 0.25) is 0 Å². The maximum atomic E-state index is 11.1. The number of amides is 1. The molecule has 0 radical (unpaired) electrons. The maximum absolute atomic E-state index is 11.1. The van der Waals surface area contributed by atoms with Gasteiger partial charge < -0.3 is 10.0 Å². The quantitative estimate of drug-likeness (QED) is 0.544. The van der Waals surface area contributed by atoms with Gasteiger partial charge in [0.25, 0.3) is 5.91 Å². The summed E-state index contributed by atoms with van der Waals surface area (Å²) in [6.07, 6.45) is 0.860. The van der Waals surface area contributed by atoms with Gasteiger partial charge in [-0.15, -0.1) is 0 Å². The van der Waals surface area contributed by atoms with E-state index in [2.05, 4.69) is 0 Å². The largest absolute Gasteiger partial charge is 0.393 e. The van der Waals surface area contributed by atoms with Crippen molar-refractivity contribution >= 4 is 11.7 Å². The van der Waals surface area contributed by atoms with Gasteiger partial charge in [-0.3, -0.25) is 9.59 Å². The lowest BCUT2D eigenvalue weighted by Crippen LogP contribution is -2.42. The van der Waals surface area contributed by atoms with E-state index < -0.39 is 11.7 Å². The van der Waals surface area contributed by atoms with Gasteiger partial charge in [-0.05, 0) is 12.8 Å². The number of ketones is 1. The van der Waals surface area contributed by atoms with Crippen LogP contribution in [0.25, 0.3) is 0 Å². The molecule has 0 aliphatic carbocycles. The molecule has 68 valence electrons. The number of rotatable bonds is 1. The van der Waals surface area contributed by atoms with Gasteiger partial charge in [-0.25, -0.2) is 0 Å². The molecule has 1 saturated heterocycles. The van der Waals surface area contributed by atoms with Gasteiger partial charge in [0.1, 0.15) is 0 Å². The van der Waals surface area contributed by atoms with E-state index in [4.69, 9.17) is 5.11 Å². The zero-order valence-electron chi connectivity index (χ0n) is 7.12. The van der Waals surface area contributed by atoms with Crippen molar-refractivity contribution in [1.82, 2.24) is 4.90 Å². The number of likely N-dealkylation sites (tertiary alicyclic amines) is 1. The lowest BCUT2D eigenvalue weighted by atomic mass is 10.1. The van der Waals surface area contributed by atoms with Crippen LogP contribution in [0.15, 0.2) is 0 Å². The highest BCUT2D eigenvalue weighted by Gasteiger charge is 2.23. The summed E-state index contributed by atoms with van der Waals surface area (Å²) in [5.41, 5.74) is 0. The van der Waals surface area contributed by atoms with Gasteiger partial charge in [0.05, 0.1) is 6.10 Å². The molecule has 0 aromatic heterocycles. The van der Waals surface area contributed by atoms with Crippen LogP contribution in [0.5, 0.6) is 0 Å². The highest BCUT2D eigenvalue weighted by molar-refractivity contribution is 6.35. The Morgan fingerprint density at radius 3 is 2.25 bits per heavy atom. The van der Waals surface area contributed by atoms with Crippen molar-refractivity contribution in [3.63, 3.8) is 0 Å². The average molecular weight is 171 g/mol. The SMILES string of the molecule is CC(=O)C(=O)N1CCC(O)CC1. The zero-order chi connectivity index (χ0) is 9.14. The Kier molecular flexibility index (Phi) is 2.81. The fourth-order valence-electron chi connectivity index (χ4n) is 1.29. The summed E-state index contributed by atoms with van der Waals surface area (Å²) in [6, 6.07) is 0. The fourth-order valence-corrected chi connectivity index (χ4v) is 1.29. The third-order valence-corrected chi connectivity index (χ3v) is 2.05. The molecule has 1 fully saturated rings. The molecule has 1 aliphatic heterocycles. The third-order valence-electron chi connectivity index (χ3n) is 2.05. The first-order valence-corrected chi connectivity index (χ1v) is 4.09. The highest BCUT2D eigenvalue weighted by atomic mass is 16.3. The van der Waals surface area contributed by atoms with E-state index in [-0.39, 0.29) is 6.10 Å². The lowest BCUT2D eigenvalue weighted by molar-refractivity contribution is -0.144. The molecule has 4 heteroatoms. The Labute approximate surface area is 71.2 Å². The van der Waals surface area contributed by atoms with Gasteiger partial charge in [0.15, 0.2) is 0 Å². The molecule has 0 bridgehead atoms. The molecule has 4 nitrogen and oxygen atoms in total. The van der Waals surface area contributed by atoms with Gasteiger partial charge in [-0.2, -0.15) is 0 Å². The van der Waals surface area contributed by atoms with Crippen LogP contribution in [0, 0.1) is 0 Å². The number of hydrogen-bond acceptors (Lipinski definition) is 3. The first-order chi connectivity index (χ1) is 5.61. The van der Waals surface area contributed by atoms with E-state index >= 15 is 0 Å². The van der Waals surface area contributed by atoms with Gasteiger partial charge in [-0.1, -0.05) is 0 Å². The van der Waals surface area contributed by atoms with Crippen LogP contribution in [0.3, 0.4) is 0 Å². The number of hydrogen-bond donors (Lipinski definition) is 1. The number of nitrogens with zero attached hydrogens (tertiary/aromatic N) is 1. The Morgan fingerprint density at radius 1 is 1.33 bits per heavy atom. The maximum Gasteiger partial charge on any atom is 0.289 e. The number of aliphatic hydroxyl groups excluding tert-OH is 1. The Balaban J connectivity index is 2.44. The van der Waals surface area contributed by atoms with Crippen LogP contribution in [0.1, 0.15) is 19.8 Å². The summed E-state index contributed by atoms with van der Waals surface area (Å²) in [5.74, 6) is -0.853. The van der Waals surface area contributed by atoms with E-state index in [0.29, 0.717) is 25.9 Å². The number of Topliss-reactive ketones (excluding diaryl/α,β-unsaturated/α-hetero) is 1. The second-order valence-electron chi connectivity index (χ2n) is 3.08. The van der Waals surface area contributed by atoms with Crippen LogP contribution in [-0.2, 0) is 9.59 Å². The van der Waals surface area contributed by atoms with E-state index in [1.807, 2.05) is 0 Å². The molecule has 0 saturated carbocycles. The van der Waals surface area contributed by atoms with E-state index in [9.17, 15) is 9.59 Å². The van der Waals surface area contributed by atoms with E-state index in [1.165, 1.54) is 11.8 Å². The van der Waals surface area contributed by atoms with Crippen molar-refractivity contribution in [2.24, 2.45) is 0 Å². The average Bonchev–Trinajstić information content (AvgIpc) is 2.04. The van der Waals surface area contributed by atoms with Crippen LogP contribution in [0.4, 0.5) is 0 Å². The Bertz CT molecular complexity index is 194. The zero-order valence-corrected chi connectivity index (χ0v) is 7.12. The molecule has 12 heavy (non-hydrogen) atoms. The molecule has 1 aliphatic rings. The van der Waals surface area contributed by atoms with Crippen LogP contribution >= 0.6 is 0 Å². The topological polar surface area (TPSA) is 57.6 Å². The molecule has 1 N–H and O–H groups in total. The number of carbonyl (C=O) groups is 2. The monoisotopic (exact) mass is 171 g/mol. The standard InChI is InChI=1S/C8H13NO3/c1-6(10)8(12)9-4-2-7(11)3-5-9/h7,11H,2-5H2,1H3. The molecule has 0 aromatic rings. The minimum absolute atomic E-state index is 0.305. The Hall–Kier alpha value is -0.900. The summed E-state index contributed by atoms with van der Waals surface area (Å²) < 4.78 is 0. The number of aliphatic hydroxyl groups is 1. The summed E-state index contributed by atoms with van der Waals surface area (Å²) >= 11 is 0. The normalized spacial score (nSPS) is 19.3. The third kappa shape index (κ3) is 2.04. The number of piperidine rings is 1. The number of carbonyl (C=O) groups excluding carboxylic acids is 2. The highest BCUT2D eigenvalue weighted by Crippen LogP contribution is 2.09. The summed E-state index contributed by atoms with van der Waals surface area (Å²) in [6.45, 7) is 2.27. The molecule has 1 rings (SSSR count). The van der Waals surface area contributed by atoms with Gasteiger partial charge in [0, 0.05) is 20.0 Å². The lowest BCUT2D eigenvalue weighted by Gasteiger charge is -2.28. The van der Waals surface area contributed by atoms with Crippen molar-refractivity contribution in [2.75, 3.05) is 13.1 Å². The van der Waals surface area contributed by atoms with Crippen LogP contribution in [-0.4, -0.2) is 40.9 Å². The van der Waals surface area contributed by atoms with Gasteiger partial charge >= 0.3 is 0 Å². The minimum Gasteiger partial charge on any atom is -0.393 e. The van der Waals surface area contributed by atoms with Crippen molar-refractivity contribution < 1.29 is 14.7 Å². The predicted molar refractivity (Wildman–Crippen MR) is 42.5 cm³/mol. The molecular formula is C8H13NO3. The molecule has 0 spiro atoms. The molecule has 0 aromatic carbocycles. The summed E-state index contributed by atoms with van der Waals surface area (Å²) in [7, 11) is 0. The molecule has 0 unspecified atom stereocenters. The van der Waals surface area contributed by atoms with Crippen molar-refractivity contribution in [2.45, 2.75) is 25.9 Å². The second kappa shape index (κ2) is 3.67. The first-order valence-electron chi connectivity index (χ1n) is 4.09. The minimum atomic E-state index is -0.429. The molecule has 0 atom stereocenters. The molecule has 1 heterocycles. The predicted octanol–water partition coefficient (Wildman–Crippen LogP) is -0.441.